The zero-order valence-electron chi connectivity index (χ0n) is 13.5. The fraction of sp³-hybridized carbons (Fsp3) is 0.353. The molecule has 3 rings (SSSR count). The predicted octanol–water partition coefficient (Wildman–Crippen LogP) is 1.58. The lowest BCUT2D eigenvalue weighted by Crippen LogP contribution is -2.43. The highest BCUT2D eigenvalue weighted by Crippen LogP contribution is 2.21. The van der Waals surface area contributed by atoms with Crippen LogP contribution in [-0.2, 0) is 11.3 Å². The van der Waals surface area contributed by atoms with Crippen molar-refractivity contribution >= 4 is 11.6 Å². The summed E-state index contributed by atoms with van der Waals surface area (Å²) >= 11 is 0. The molecule has 1 fully saturated rings. The summed E-state index contributed by atoms with van der Waals surface area (Å²) in [6, 6.07) is 4.62. The van der Waals surface area contributed by atoms with Gasteiger partial charge >= 0.3 is 0 Å². The van der Waals surface area contributed by atoms with Crippen LogP contribution >= 0.6 is 0 Å². The van der Waals surface area contributed by atoms with Gasteiger partial charge in [0.1, 0.15) is 11.6 Å². The van der Waals surface area contributed by atoms with Gasteiger partial charge in [-0.05, 0) is 30.5 Å². The first-order valence-corrected chi connectivity index (χ1v) is 8.03. The molecule has 0 saturated carbocycles. The van der Waals surface area contributed by atoms with E-state index in [1.807, 2.05) is 4.90 Å². The van der Waals surface area contributed by atoms with E-state index < -0.39 is 11.6 Å². The fourth-order valence-electron chi connectivity index (χ4n) is 3.01. The number of hydrogen-bond acceptors (Lipinski definition) is 4. The summed E-state index contributed by atoms with van der Waals surface area (Å²) in [5, 5.41) is 8.81. The molecule has 0 spiro atoms. The van der Waals surface area contributed by atoms with E-state index in [0.29, 0.717) is 17.8 Å². The zero-order valence-corrected chi connectivity index (χ0v) is 13.5. The van der Waals surface area contributed by atoms with Gasteiger partial charge < -0.3 is 10.2 Å². The molecule has 132 valence electrons. The maximum atomic E-state index is 13.2. The van der Waals surface area contributed by atoms with Crippen molar-refractivity contribution < 1.29 is 13.6 Å². The van der Waals surface area contributed by atoms with E-state index in [0.717, 1.165) is 25.5 Å². The Morgan fingerprint density at radius 3 is 2.76 bits per heavy atom. The third kappa shape index (κ3) is 4.40. The van der Waals surface area contributed by atoms with Gasteiger partial charge in [-0.2, -0.15) is 5.10 Å². The first kappa shape index (κ1) is 17.1. The molecule has 25 heavy (non-hydrogen) atoms. The average molecular weight is 348 g/mol. The summed E-state index contributed by atoms with van der Waals surface area (Å²) in [6.07, 6.45) is 3.08. The van der Waals surface area contributed by atoms with Crippen LogP contribution in [0.1, 0.15) is 18.4 Å². The average Bonchev–Trinajstić information content (AvgIpc) is 2.59. The van der Waals surface area contributed by atoms with E-state index in [9.17, 15) is 18.4 Å². The smallest absolute Gasteiger partial charge is 0.266 e. The predicted molar refractivity (Wildman–Crippen MR) is 88.0 cm³/mol. The van der Waals surface area contributed by atoms with Gasteiger partial charge in [0.05, 0.1) is 17.8 Å². The Hall–Kier alpha value is -2.77. The van der Waals surface area contributed by atoms with Crippen LogP contribution in [0.3, 0.4) is 0 Å². The number of carbonyl (C=O) groups excluding carboxylic acids is 1. The van der Waals surface area contributed by atoms with Crippen LogP contribution in [-0.4, -0.2) is 29.2 Å². The molecule has 0 radical (unpaired) electrons. The molecule has 2 heterocycles. The number of aromatic nitrogens is 2. The third-order valence-electron chi connectivity index (χ3n) is 4.20. The summed E-state index contributed by atoms with van der Waals surface area (Å²) in [6.45, 7) is 1.27. The number of nitrogens with one attached hydrogen (secondary N) is 2. The van der Waals surface area contributed by atoms with Crippen LogP contribution in [0.25, 0.3) is 0 Å². The zero-order chi connectivity index (χ0) is 17.8. The molecule has 1 aromatic carbocycles. The molecule has 2 aromatic rings. The quantitative estimate of drug-likeness (QED) is 0.879. The summed E-state index contributed by atoms with van der Waals surface area (Å²) in [7, 11) is 0. The van der Waals surface area contributed by atoms with E-state index in [4.69, 9.17) is 0 Å². The highest BCUT2D eigenvalue weighted by molar-refractivity contribution is 5.79. The summed E-state index contributed by atoms with van der Waals surface area (Å²) in [4.78, 5) is 25.7. The van der Waals surface area contributed by atoms with Gasteiger partial charge in [0, 0.05) is 31.8 Å². The lowest BCUT2D eigenvalue weighted by molar-refractivity contribution is -0.125. The molecule has 2 N–H and O–H groups in total. The summed E-state index contributed by atoms with van der Waals surface area (Å²) in [5.74, 6) is -1.77. The van der Waals surface area contributed by atoms with Gasteiger partial charge in [-0.1, -0.05) is 0 Å². The normalized spacial score (nSPS) is 17.4. The van der Waals surface area contributed by atoms with Crippen molar-refractivity contribution in [3.63, 3.8) is 0 Å². The SMILES string of the molecule is O=C(NCc1cc(F)cc(F)c1)[C@@H]1CCCN(c2cn[nH]c(=O)c2)C1. The number of hydrogen-bond donors (Lipinski definition) is 2. The van der Waals surface area contributed by atoms with Gasteiger partial charge in [-0.15, -0.1) is 0 Å². The Kier molecular flexibility index (Phi) is 5.06. The molecule has 1 atom stereocenters. The van der Waals surface area contributed by atoms with Gasteiger partial charge in [0.2, 0.25) is 5.91 Å². The number of amides is 1. The van der Waals surface area contributed by atoms with Crippen LogP contribution in [0.15, 0.2) is 35.3 Å². The number of rotatable bonds is 4. The minimum atomic E-state index is -0.671. The van der Waals surface area contributed by atoms with Gasteiger partial charge in [-0.3, -0.25) is 9.59 Å². The number of anilines is 1. The van der Waals surface area contributed by atoms with E-state index in [1.165, 1.54) is 18.2 Å². The van der Waals surface area contributed by atoms with Crippen molar-refractivity contribution in [2.45, 2.75) is 19.4 Å². The van der Waals surface area contributed by atoms with Crippen molar-refractivity contribution in [3.8, 4) is 0 Å². The molecular formula is C17H18F2N4O2. The molecule has 1 aliphatic heterocycles. The maximum Gasteiger partial charge on any atom is 0.266 e. The first-order valence-electron chi connectivity index (χ1n) is 8.03. The molecule has 1 aliphatic rings. The highest BCUT2D eigenvalue weighted by Gasteiger charge is 2.26. The van der Waals surface area contributed by atoms with Crippen LogP contribution in [0, 0.1) is 17.6 Å². The highest BCUT2D eigenvalue weighted by atomic mass is 19.1. The van der Waals surface area contributed by atoms with Crippen molar-refractivity contribution in [1.82, 2.24) is 15.5 Å². The topological polar surface area (TPSA) is 78.1 Å². The number of aromatic amines is 1. The van der Waals surface area contributed by atoms with Crippen LogP contribution in [0.5, 0.6) is 0 Å². The lowest BCUT2D eigenvalue weighted by Gasteiger charge is -2.33. The Morgan fingerprint density at radius 2 is 2.04 bits per heavy atom. The second-order valence-electron chi connectivity index (χ2n) is 6.08. The van der Waals surface area contributed by atoms with E-state index in [-0.39, 0.29) is 23.9 Å². The molecule has 0 unspecified atom stereocenters. The monoisotopic (exact) mass is 348 g/mol. The van der Waals surface area contributed by atoms with Crippen molar-refractivity contribution in [1.29, 1.82) is 0 Å². The molecule has 1 saturated heterocycles. The second kappa shape index (κ2) is 7.42. The summed E-state index contributed by atoms with van der Waals surface area (Å²) in [5.41, 5.74) is 0.753. The molecule has 8 heteroatoms. The number of H-pyrrole nitrogens is 1. The Morgan fingerprint density at radius 1 is 1.28 bits per heavy atom. The molecule has 1 aromatic heterocycles. The number of halogens is 2. The fourth-order valence-corrected chi connectivity index (χ4v) is 3.01. The van der Waals surface area contributed by atoms with Crippen molar-refractivity contribution in [2.75, 3.05) is 18.0 Å². The Labute approximate surface area is 142 Å². The molecular weight excluding hydrogens is 330 g/mol. The third-order valence-corrected chi connectivity index (χ3v) is 4.20. The number of piperidine rings is 1. The van der Waals surface area contributed by atoms with Crippen LogP contribution in [0.2, 0.25) is 0 Å². The Bertz CT molecular complexity index is 804. The van der Waals surface area contributed by atoms with E-state index >= 15 is 0 Å². The van der Waals surface area contributed by atoms with Crippen LogP contribution in [0.4, 0.5) is 14.5 Å². The van der Waals surface area contributed by atoms with Gasteiger partial charge in [0.25, 0.3) is 5.56 Å². The standard InChI is InChI=1S/C17H18F2N4O2/c18-13-4-11(5-14(19)6-13)8-20-17(25)12-2-1-3-23(10-12)15-7-16(24)22-21-9-15/h4-7,9,12H,1-3,8,10H2,(H,20,25)(H,22,24)/t12-/m1/s1. The number of benzene rings is 1. The van der Waals surface area contributed by atoms with Gasteiger partial charge in [0.15, 0.2) is 0 Å². The largest absolute Gasteiger partial charge is 0.369 e. The molecule has 6 nitrogen and oxygen atoms in total. The molecule has 0 bridgehead atoms. The van der Waals surface area contributed by atoms with Crippen molar-refractivity contribution in [2.24, 2.45) is 5.92 Å². The van der Waals surface area contributed by atoms with E-state index in [2.05, 4.69) is 15.5 Å². The maximum absolute atomic E-state index is 13.2. The Balaban J connectivity index is 1.61. The van der Waals surface area contributed by atoms with Gasteiger partial charge in [-0.25, -0.2) is 13.9 Å². The number of carbonyl (C=O) groups is 1. The molecule has 0 aliphatic carbocycles. The lowest BCUT2D eigenvalue weighted by atomic mass is 9.96. The first-order chi connectivity index (χ1) is 12.0. The minimum absolute atomic E-state index is 0.0660. The minimum Gasteiger partial charge on any atom is -0.369 e. The second-order valence-corrected chi connectivity index (χ2v) is 6.08. The number of nitrogens with zero attached hydrogens (tertiary/aromatic N) is 2. The van der Waals surface area contributed by atoms with Crippen LogP contribution < -0.4 is 15.8 Å². The molecule has 1 amide bonds. The van der Waals surface area contributed by atoms with E-state index in [1.54, 1.807) is 6.20 Å². The van der Waals surface area contributed by atoms with Crippen molar-refractivity contribution in [3.05, 3.63) is 58.0 Å². The summed E-state index contributed by atoms with van der Waals surface area (Å²) < 4.78 is 26.4.